The number of quaternary nitrogens is 1. The maximum absolute atomic E-state index is 12.2. The number of carbonyl (C=O) groups is 1. The Kier molecular flexibility index (Phi) is 3.52. The minimum absolute atomic E-state index is 0.0902. The standard InChI is InChI=1S/C23H29NO3/c1-15-7-8-23(27)19-11-17-5-6-18(14-25)21(26)20(17)22(23,12-15)9-10-24(19,2)13-16-3-4-16/h5-6,14,16,19,27H,1,3-4,7-13H2,2H3/p+1/t19-,22-,23-,24?/m1/s1. The highest BCUT2D eigenvalue weighted by atomic mass is 16.3. The minimum Gasteiger partial charge on any atom is -0.507 e. The van der Waals surface area contributed by atoms with Gasteiger partial charge in [0.1, 0.15) is 17.4 Å². The number of benzene rings is 1. The Morgan fingerprint density at radius 2 is 2.11 bits per heavy atom. The smallest absolute Gasteiger partial charge is 0.153 e. The third-order valence-electron chi connectivity index (χ3n) is 8.28. The number of hydrogen-bond donors (Lipinski definition) is 2. The average Bonchev–Trinajstić information content (AvgIpc) is 3.43. The van der Waals surface area contributed by atoms with E-state index in [9.17, 15) is 15.0 Å². The van der Waals surface area contributed by atoms with Gasteiger partial charge in [0.05, 0.1) is 25.7 Å². The number of aldehydes is 1. The van der Waals surface area contributed by atoms with E-state index in [2.05, 4.69) is 13.6 Å². The van der Waals surface area contributed by atoms with Crippen molar-refractivity contribution in [1.29, 1.82) is 0 Å². The van der Waals surface area contributed by atoms with E-state index in [-0.39, 0.29) is 11.8 Å². The largest absolute Gasteiger partial charge is 0.507 e. The van der Waals surface area contributed by atoms with Gasteiger partial charge in [0, 0.05) is 29.7 Å². The number of phenolic OH excluding ortho intramolecular Hbond substituents is 1. The van der Waals surface area contributed by atoms with Crippen molar-refractivity contribution >= 4 is 6.29 Å². The summed E-state index contributed by atoms with van der Waals surface area (Å²) in [6.07, 6.45) is 7.25. The van der Waals surface area contributed by atoms with Gasteiger partial charge in [0.25, 0.3) is 0 Å². The lowest BCUT2D eigenvalue weighted by Crippen LogP contribution is -2.78. The molecule has 1 saturated heterocycles. The van der Waals surface area contributed by atoms with Crippen LogP contribution in [-0.4, -0.2) is 52.8 Å². The van der Waals surface area contributed by atoms with Gasteiger partial charge in [0.2, 0.25) is 0 Å². The van der Waals surface area contributed by atoms with Gasteiger partial charge in [0.15, 0.2) is 6.29 Å². The summed E-state index contributed by atoms with van der Waals surface area (Å²) in [7, 11) is 2.33. The summed E-state index contributed by atoms with van der Waals surface area (Å²) in [4.78, 5) is 11.5. The van der Waals surface area contributed by atoms with Crippen LogP contribution in [-0.2, 0) is 11.8 Å². The molecule has 1 aliphatic heterocycles. The van der Waals surface area contributed by atoms with Gasteiger partial charge in [-0.2, -0.15) is 0 Å². The predicted octanol–water partition coefficient (Wildman–Crippen LogP) is 3.10. The second-order valence-corrected chi connectivity index (χ2v) is 9.89. The Hall–Kier alpha value is -1.65. The second kappa shape index (κ2) is 5.45. The van der Waals surface area contributed by atoms with E-state index in [4.69, 9.17) is 0 Å². The molecule has 0 amide bonds. The summed E-state index contributed by atoms with van der Waals surface area (Å²) in [6.45, 7) is 6.42. The van der Waals surface area contributed by atoms with Crippen LogP contribution >= 0.6 is 0 Å². The highest BCUT2D eigenvalue weighted by Crippen LogP contribution is 2.62. The first-order valence-corrected chi connectivity index (χ1v) is 10.4. The van der Waals surface area contributed by atoms with Gasteiger partial charge in [-0.15, -0.1) is 0 Å². The summed E-state index contributed by atoms with van der Waals surface area (Å²) in [5.74, 6) is 0.893. The van der Waals surface area contributed by atoms with Crippen LogP contribution in [0.3, 0.4) is 0 Å². The summed E-state index contributed by atoms with van der Waals surface area (Å²) in [5, 5.41) is 23.2. The molecule has 1 unspecified atom stereocenters. The van der Waals surface area contributed by atoms with Crippen LogP contribution in [0.5, 0.6) is 5.75 Å². The number of piperidine rings is 1. The molecule has 2 saturated carbocycles. The lowest BCUT2D eigenvalue weighted by Gasteiger charge is -2.65. The van der Waals surface area contributed by atoms with E-state index in [1.54, 1.807) is 6.07 Å². The highest BCUT2D eigenvalue weighted by Gasteiger charge is 2.69. The number of likely N-dealkylation sites (tertiary alicyclic amines) is 1. The molecule has 3 fully saturated rings. The molecule has 2 bridgehead atoms. The van der Waals surface area contributed by atoms with Gasteiger partial charge in [-0.3, -0.25) is 4.79 Å². The molecular formula is C23H30NO3+. The zero-order chi connectivity index (χ0) is 19.0. The Morgan fingerprint density at radius 3 is 2.81 bits per heavy atom. The molecule has 144 valence electrons. The first-order valence-electron chi connectivity index (χ1n) is 10.4. The van der Waals surface area contributed by atoms with Crippen molar-refractivity contribution in [1.82, 2.24) is 0 Å². The molecule has 4 heteroatoms. The number of aromatic hydroxyl groups is 1. The topological polar surface area (TPSA) is 57.5 Å². The van der Waals surface area contributed by atoms with Crippen LogP contribution in [0.25, 0.3) is 0 Å². The normalized spacial score (nSPS) is 40.2. The molecule has 5 rings (SSSR count). The quantitative estimate of drug-likeness (QED) is 0.490. The number of rotatable bonds is 3. The van der Waals surface area contributed by atoms with Crippen molar-refractivity contribution in [2.75, 3.05) is 20.1 Å². The third-order valence-corrected chi connectivity index (χ3v) is 8.28. The van der Waals surface area contributed by atoms with Gasteiger partial charge in [-0.1, -0.05) is 18.2 Å². The molecule has 3 aliphatic carbocycles. The number of aliphatic hydroxyl groups is 1. The second-order valence-electron chi connectivity index (χ2n) is 9.89. The lowest BCUT2D eigenvalue weighted by atomic mass is 9.48. The van der Waals surface area contributed by atoms with Gasteiger partial charge in [-0.05, 0) is 43.7 Å². The van der Waals surface area contributed by atoms with E-state index in [1.807, 2.05) is 6.07 Å². The van der Waals surface area contributed by atoms with Crippen molar-refractivity contribution in [2.45, 2.75) is 62.0 Å². The van der Waals surface area contributed by atoms with Crippen LogP contribution in [0.15, 0.2) is 24.3 Å². The summed E-state index contributed by atoms with van der Waals surface area (Å²) >= 11 is 0. The number of hydrogen-bond acceptors (Lipinski definition) is 3. The van der Waals surface area contributed by atoms with Crippen molar-refractivity contribution in [3.05, 3.63) is 41.0 Å². The molecule has 4 nitrogen and oxygen atoms in total. The number of phenols is 1. The van der Waals surface area contributed by atoms with Crippen LogP contribution in [0.2, 0.25) is 0 Å². The van der Waals surface area contributed by atoms with Crippen molar-refractivity contribution in [3.63, 3.8) is 0 Å². The summed E-state index contributed by atoms with van der Waals surface area (Å²) in [5.41, 5.74) is 2.08. The SMILES string of the molecule is C=C1CC[C@@]2(O)[C@H]3Cc4ccc(C=O)c(O)c4[C@@]2(CC[N+]3(C)CC2CC2)C1. The Bertz CT molecular complexity index is 844. The van der Waals surface area contributed by atoms with E-state index >= 15 is 0 Å². The van der Waals surface area contributed by atoms with Crippen LogP contribution in [0.1, 0.15) is 60.0 Å². The van der Waals surface area contributed by atoms with Crippen LogP contribution < -0.4 is 0 Å². The molecule has 1 heterocycles. The Labute approximate surface area is 161 Å². The number of carbonyl (C=O) groups excluding carboxylic acids is 1. The van der Waals surface area contributed by atoms with Crippen molar-refractivity contribution in [3.8, 4) is 5.75 Å². The molecule has 4 atom stereocenters. The molecule has 1 aromatic rings. The molecule has 0 aromatic heterocycles. The Balaban J connectivity index is 1.73. The highest BCUT2D eigenvalue weighted by molar-refractivity contribution is 5.81. The van der Waals surface area contributed by atoms with E-state index in [1.165, 1.54) is 12.8 Å². The number of allylic oxidation sites excluding steroid dienone is 1. The first kappa shape index (κ1) is 17.4. The molecule has 1 aromatic carbocycles. The number of likely N-dealkylation sites (N-methyl/N-ethyl adjacent to an activating group) is 1. The third kappa shape index (κ3) is 2.20. The summed E-state index contributed by atoms with van der Waals surface area (Å²) < 4.78 is 0.936. The van der Waals surface area contributed by atoms with Gasteiger partial charge >= 0.3 is 0 Å². The van der Waals surface area contributed by atoms with Gasteiger partial charge < -0.3 is 14.7 Å². The molecule has 2 N–H and O–H groups in total. The average molecular weight is 368 g/mol. The summed E-state index contributed by atoms with van der Waals surface area (Å²) in [6, 6.07) is 3.90. The molecule has 0 spiro atoms. The zero-order valence-electron chi connectivity index (χ0n) is 16.2. The number of nitrogens with zero attached hydrogens (tertiary/aromatic N) is 1. The molecule has 4 aliphatic rings. The number of fused-ring (bicyclic) bond motifs is 1. The van der Waals surface area contributed by atoms with E-state index < -0.39 is 11.0 Å². The Morgan fingerprint density at radius 1 is 1.33 bits per heavy atom. The van der Waals surface area contributed by atoms with E-state index in [0.29, 0.717) is 18.4 Å². The minimum atomic E-state index is -0.845. The molecule has 0 radical (unpaired) electrons. The van der Waals surface area contributed by atoms with Crippen LogP contribution in [0, 0.1) is 5.92 Å². The zero-order valence-corrected chi connectivity index (χ0v) is 16.2. The van der Waals surface area contributed by atoms with E-state index in [0.717, 1.165) is 65.7 Å². The maximum Gasteiger partial charge on any atom is 0.153 e. The fourth-order valence-electron chi connectivity index (χ4n) is 6.77. The van der Waals surface area contributed by atoms with Gasteiger partial charge in [-0.25, -0.2) is 0 Å². The first-order chi connectivity index (χ1) is 12.8. The van der Waals surface area contributed by atoms with Crippen LogP contribution in [0.4, 0.5) is 0 Å². The van der Waals surface area contributed by atoms with Crippen molar-refractivity contribution in [2.24, 2.45) is 5.92 Å². The maximum atomic E-state index is 12.2. The van der Waals surface area contributed by atoms with Crippen molar-refractivity contribution < 1.29 is 19.5 Å². The monoisotopic (exact) mass is 368 g/mol. The predicted molar refractivity (Wildman–Crippen MR) is 104 cm³/mol. The molecular weight excluding hydrogens is 338 g/mol. The molecule has 27 heavy (non-hydrogen) atoms. The fourth-order valence-corrected chi connectivity index (χ4v) is 6.77. The lowest BCUT2D eigenvalue weighted by molar-refractivity contribution is -0.950. The fraction of sp³-hybridized carbons (Fsp3) is 0.609.